The van der Waals surface area contributed by atoms with Crippen LogP contribution in [0.1, 0.15) is 34.8 Å². The molecule has 0 saturated carbocycles. The van der Waals surface area contributed by atoms with Gasteiger partial charge in [-0.05, 0) is 44.4 Å². The molecule has 6 heteroatoms. The third-order valence-electron chi connectivity index (χ3n) is 4.62. The van der Waals surface area contributed by atoms with Gasteiger partial charge < -0.3 is 5.32 Å². The smallest absolute Gasteiger partial charge is 0.253 e. The summed E-state index contributed by atoms with van der Waals surface area (Å²) in [6, 6.07) is 1.86. The molecule has 2 aromatic rings. The van der Waals surface area contributed by atoms with E-state index in [1.54, 1.807) is 12.4 Å². The van der Waals surface area contributed by atoms with E-state index in [1.807, 2.05) is 23.9 Å². The summed E-state index contributed by atoms with van der Waals surface area (Å²) in [6.07, 6.45) is 8.52. The summed E-state index contributed by atoms with van der Waals surface area (Å²) < 4.78 is 1.96. The highest BCUT2D eigenvalue weighted by Gasteiger charge is 2.23. The predicted molar refractivity (Wildman–Crippen MR) is 92.6 cm³/mol. The van der Waals surface area contributed by atoms with E-state index in [9.17, 15) is 4.79 Å². The van der Waals surface area contributed by atoms with Gasteiger partial charge in [0.25, 0.3) is 5.91 Å². The Balaban J connectivity index is 1.46. The van der Waals surface area contributed by atoms with Crippen molar-refractivity contribution in [3.05, 3.63) is 47.5 Å². The van der Waals surface area contributed by atoms with Crippen molar-refractivity contribution in [2.45, 2.75) is 33.4 Å². The third kappa shape index (κ3) is 4.00. The van der Waals surface area contributed by atoms with Crippen LogP contribution in [-0.4, -0.2) is 45.2 Å². The molecule has 1 amide bonds. The van der Waals surface area contributed by atoms with Crippen molar-refractivity contribution in [2.75, 3.05) is 19.6 Å². The maximum atomic E-state index is 12.3. The van der Waals surface area contributed by atoms with Crippen LogP contribution in [0.4, 0.5) is 0 Å². The number of likely N-dealkylation sites (tertiary alicyclic amines) is 1. The number of amides is 1. The molecule has 0 radical (unpaired) electrons. The lowest BCUT2D eigenvalue weighted by Crippen LogP contribution is -2.31. The SMILES string of the molecule is CCn1cc(CN2CCC(CNC(=O)c3cnccc3C)C2)cn1. The van der Waals surface area contributed by atoms with Gasteiger partial charge in [-0.3, -0.25) is 19.4 Å². The summed E-state index contributed by atoms with van der Waals surface area (Å²) in [5, 5.41) is 7.38. The normalized spacial score (nSPS) is 18.0. The lowest BCUT2D eigenvalue weighted by Gasteiger charge is -2.15. The van der Waals surface area contributed by atoms with Gasteiger partial charge in [-0.2, -0.15) is 5.10 Å². The number of carbonyl (C=O) groups is 1. The number of aryl methyl sites for hydroxylation is 2. The second-order valence-electron chi connectivity index (χ2n) is 6.49. The zero-order valence-corrected chi connectivity index (χ0v) is 14.4. The number of aromatic nitrogens is 3. The lowest BCUT2D eigenvalue weighted by atomic mass is 10.1. The maximum Gasteiger partial charge on any atom is 0.253 e. The molecule has 1 atom stereocenters. The lowest BCUT2D eigenvalue weighted by molar-refractivity contribution is 0.0946. The van der Waals surface area contributed by atoms with Gasteiger partial charge in [0.1, 0.15) is 0 Å². The van der Waals surface area contributed by atoms with Crippen molar-refractivity contribution < 1.29 is 4.79 Å². The standard InChI is InChI=1S/C18H25N5O/c1-3-23-13-16(9-21-23)12-22-7-5-15(11-22)8-20-18(24)17-10-19-6-4-14(17)2/h4,6,9-10,13,15H,3,5,7-8,11-12H2,1-2H3,(H,20,24). The minimum absolute atomic E-state index is 0.0247. The predicted octanol–water partition coefficient (Wildman–Crippen LogP) is 1.86. The Hall–Kier alpha value is -2.21. The van der Waals surface area contributed by atoms with Crippen LogP contribution in [0.2, 0.25) is 0 Å². The number of rotatable bonds is 6. The van der Waals surface area contributed by atoms with Crippen LogP contribution in [0.5, 0.6) is 0 Å². The van der Waals surface area contributed by atoms with Gasteiger partial charge in [0, 0.05) is 50.3 Å². The topological polar surface area (TPSA) is 63.0 Å². The van der Waals surface area contributed by atoms with Gasteiger partial charge in [-0.25, -0.2) is 0 Å². The molecule has 2 aromatic heterocycles. The van der Waals surface area contributed by atoms with Gasteiger partial charge in [0.05, 0.1) is 11.8 Å². The highest BCUT2D eigenvalue weighted by Crippen LogP contribution is 2.18. The van der Waals surface area contributed by atoms with Crippen molar-refractivity contribution in [3.8, 4) is 0 Å². The fraction of sp³-hybridized carbons (Fsp3) is 0.500. The van der Waals surface area contributed by atoms with Crippen molar-refractivity contribution in [3.63, 3.8) is 0 Å². The van der Waals surface area contributed by atoms with Gasteiger partial charge in [0.2, 0.25) is 0 Å². The average Bonchev–Trinajstić information content (AvgIpc) is 3.22. The summed E-state index contributed by atoms with van der Waals surface area (Å²) >= 11 is 0. The van der Waals surface area contributed by atoms with Crippen molar-refractivity contribution in [2.24, 2.45) is 5.92 Å². The number of carbonyl (C=O) groups excluding carboxylic acids is 1. The van der Waals surface area contributed by atoms with Crippen LogP contribution in [0.25, 0.3) is 0 Å². The Bertz CT molecular complexity index is 696. The van der Waals surface area contributed by atoms with E-state index in [4.69, 9.17) is 0 Å². The monoisotopic (exact) mass is 327 g/mol. The number of hydrogen-bond acceptors (Lipinski definition) is 4. The molecule has 6 nitrogen and oxygen atoms in total. The first-order valence-electron chi connectivity index (χ1n) is 8.58. The summed E-state index contributed by atoms with van der Waals surface area (Å²) in [5.41, 5.74) is 2.88. The number of nitrogens with zero attached hydrogens (tertiary/aromatic N) is 4. The second-order valence-corrected chi connectivity index (χ2v) is 6.49. The van der Waals surface area contributed by atoms with E-state index in [-0.39, 0.29) is 5.91 Å². The molecule has 3 rings (SSSR count). The molecule has 24 heavy (non-hydrogen) atoms. The van der Waals surface area contributed by atoms with Gasteiger partial charge in [-0.1, -0.05) is 0 Å². The Morgan fingerprint density at radius 1 is 1.42 bits per heavy atom. The molecule has 1 unspecified atom stereocenters. The molecule has 0 spiro atoms. The molecule has 0 aromatic carbocycles. The first-order valence-corrected chi connectivity index (χ1v) is 8.58. The molecule has 1 aliphatic rings. The van der Waals surface area contributed by atoms with E-state index in [0.717, 1.165) is 44.7 Å². The molecule has 1 saturated heterocycles. The Morgan fingerprint density at radius 3 is 3.04 bits per heavy atom. The highest BCUT2D eigenvalue weighted by atomic mass is 16.1. The molecule has 128 valence electrons. The Labute approximate surface area is 142 Å². The minimum atomic E-state index is -0.0247. The largest absolute Gasteiger partial charge is 0.352 e. The summed E-state index contributed by atoms with van der Waals surface area (Å²) in [5.74, 6) is 0.482. The first-order chi connectivity index (χ1) is 11.7. The Kier molecular flexibility index (Phi) is 5.25. The molecule has 1 N–H and O–H groups in total. The van der Waals surface area contributed by atoms with Gasteiger partial charge in [-0.15, -0.1) is 0 Å². The summed E-state index contributed by atoms with van der Waals surface area (Å²) in [4.78, 5) is 18.7. The fourth-order valence-electron chi connectivity index (χ4n) is 3.18. The van der Waals surface area contributed by atoms with E-state index < -0.39 is 0 Å². The van der Waals surface area contributed by atoms with Crippen LogP contribution in [0.3, 0.4) is 0 Å². The fourth-order valence-corrected chi connectivity index (χ4v) is 3.18. The molecular formula is C18H25N5O. The van der Waals surface area contributed by atoms with Crippen LogP contribution in [0, 0.1) is 12.8 Å². The zero-order chi connectivity index (χ0) is 16.9. The average molecular weight is 327 g/mol. The van der Waals surface area contributed by atoms with Crippen LogP contribution in [0.15, 0.2) is 30.9 Å². The maximum absolute atomic E-state index is 12.3. The molecule has 1 fully saturated rings. The molecule has 3 heterocycles. The summed E-state index contributed by atoms with van der Waals surface area (Å²) in [7, 11) is 0. The molecule has 0 bridgehead atoms. The van der Waals surface area contributed by atoms with Gasteiger partial charge in [0.15, 0.2) is 0 Å². The molecule has 0 aliphatic carbocycles. The van der Waals surface area contributed by atoms with Crippen molar-refractivity contribution >= 4 is 5.91 Å². The minimum Gasteiger partial charge on any atom is -0.352 e. The second kappa shape index (κ2) is 7.57. The third-order valence-corrected chi connectivity index (χ3v) is 4.62. The van der Waals surface area contributed by atoms with E-state index in [1.165, 1.54) is 5.56 Å². The number of nitrogens with one attached hydrogen (secondary N) is 1. The number of pyridine rings is 1. The van der Waals surface area contributed by atoms with E-state index >= 15 is 0 Å². The molecular weight excluding hydrogens is 302 g/mol. The van der Waals surface area contributed by atoms with Crippen LogP contribution < -0.4 is 5.32 Å². The van der Waals surface area contributed by atoms with E-state index in [0.29, 0.717) is 11.5 Å². The number of hydrogen-bond donors (Lipinski definition) is 1. The van der Waals surface area contributed by atoms with Crippen molar-refractivity contribution in [1.82, 2.24) is 25.0 Å². The summed E-state index contributed by atoms with van der Waals surface area (Å²) in [6.45, 7) is 8.68. The van der Waals surface area contributed by atoms with Gasteiger partial charge >= 0.3 is 0 Å². The van der Waals surface area contributed by atoms with Crippen LogP contribution in [-0.2, 0) is 13.1 Å². The Morgan fingerprint density at radius 2 is 2.29 bits per heavy atom. The zero-order valence-electron chi connectivity index (χ0n) is 14.4. The molecule has 1 aliphatic heterocycles. The van der Waals surface area contributed by atoms with Crippen molar-refractivity contribution in [1.29, 1.82) is 0 Å². The van der Waals surface area contributed by atoms with Crippen LogP contribution >= 0.6 is 0 Å². The quantitative estimate of drug-likeness (QED) is 0.880. The highest BCUT2D eigenvalue weighted by molar-refractivity contribution is 5.95. The van der Waals surface area contributed by atoms with E-state index in [2.05, 4.69) is 33.4 Å². The first kappa shape index (κ1) is 16.6.